The molecule has 1 aromatic rings. The number of likely N-dealkylation sites (tertiary alicyclic amines) is 1. The minimum atomic E-state index is 0. The summed E-state index contributed by atoms with van der Waals surface area (Å²) in [6, 6.07) is 3.71. The Morgan fingerprint density at radius 1 is 1.00 bits per heavy atom. The van der Waals surface area contributed by atoms with Crippen molar-refractivity contribution in [1.82, 2.24) is 15.5 Å². The first-order chi connectivity index (χ1) is 13.4. The zero-order valence-electron chi connectivity index (χ0n) is 18.6. The van der Waals surface area contributed by atoms with Crippen LogP contribution in [0.2, 0.25) is 0 Å². The summed E-state index contributed by atoms with van der Waals surface area (Å²) in [5.41, 5.74) is 0.997. The van der Waals surface area contributed by atoms with E-state index >= 15 is 0 Å². The summed E-state index contributed by atoms with van der Waals surface area (Å²) in [5, 5.41) is 6.83. The summed E-state index contributed by atoms with van der Waals surface area (Å²) in [5.74, 6) is 2.88. The molecule has 0 aliphatic carbocycles. The van der Waals surface area contributed by atoms with Gasteiger partial charge in [-0.15, -0.1) is 24.0 Å². The average Bonchev–Trinajstić information content (AvgIpc) is 2.73. The number of halogens is 1. The second-order valence-electron chi connectivity index (χ2n) is 7.65. The lowest BCUT2D eigenvalue weighted by molar-refractivity contribution is 0.0982. The predicted octanol–water partition coefficient (Wildman–Crippen LogP) is 3.26. The van der Waals surface area contributed by atoms with Gasteiger partial charge in [0.15, 0.2) is 5.96 Å². The molecular formula is C21H37IN4O3. The topological polar surface area (TPSA) is 67.4 Å². The van der Waals surface area contributed by atoms with Crippen LogP contribution in [0.4, 0.5) is 0 Å². The van der Waals surface area contributed by atoms with Crippen LogP contribution in [0.15, 0.2) is 17.1 Å². The van der Waals surface area contributed by atoms with Crippen molar-refractivity contribution < 1.29 is 14.2 Å². The van der Waals surface area contributed by atoms with E-state index in [9.17, 15) is 0 Å². The molecular weight excluding hydrogens is 483 g/mol. The van der Waals surface area contributed by atoms with E-state index in [-0.39, 0.29) is 29.5 Å². The maximum absolute atomic E-state index is 5.52. The zero-order chi connectivity index (χ0) is 20.6. The summed E-state index contributed by atoms with van der Waals surface area (Å²) in [7, 11) is 6.70. The number of aliphatic imine (C=N–C) groups is 1. The summed E-state index contributed by atoms with van der Waals surface area (Å²) >= 11 is 0. The van der Waals surface area contributed by atoms with Crippen molar-refractivity contribution in [1.29, 1.82) is 0 Å². The number of guanidine groups is 1. The van der Waals surface area contributed by atoms with Crippen LogP contribution in [-0.4, -0.2) is 64.4 Å². The lowest BCUT2D eigenvalue weighted by atomic mass is 9.98. The van der Waals surface area contributed by atoms with Crippen LogP contribution < -0.4 is 24.8 Å². The predicted molar refractivity (Wildman–Crippen MR) is 129 cm³/mol. The van der Waals surface area contributed by atoms with E-state index in [0.717, 1.165) is 18.1 Å². The van der Waals surface area contributed by atoms with Crippen LogP contribution >= 0.6 is 24.0 Å². The van der Waals surface area contributed by atoms with Crippen LogP contribution in [-0.2, 0) is 6.54 Å². The van der Waals surface area contributed by atoms with Crippen molar-refractivity contribution in [3.05, 3.63) is 17.7 Å². The van der Waals surface area contributed by atoms with Gasteiger partial charge in [0.25, 0.3) is 0 Å². The third kappa shape index (κ3) is 7.09. The SMILES string of the molecule is CN=C(NCc1c(OC)cc(OC)cc1OC)NCC(C)(C)N1CCCCC1.I. The van der Waals surface area contributed by atoms with Gasteiger partial charge in [0.05, 0.1) is 33.4 Å². The van der Waals surface area contributed by atoms with Gasteiger partial charge in [-0.25, -0.2) is 0 Å². The molecule has 1 saturated heterocycles. The van der Waals surface area contributed by atoms with Crippen molar-refractivity contribution in [2.75, 3.05) is 48.0 Å². The molecule has 29 heavy (non-hydrogen) atoms. The molecule has 0 saturated carbocycles. The molecule has 1 aromatic carbocycles. The van der Waals surface area contributed by atoms with E-state index in [1.54, 1.807) is 28.4 Å². The molecule has 2 N–H and O–H groups in total. The van der Waals surface area contributed by atoms with Gasteiger partial charge >= 0.3 is 0 Å². The molecule has 0 spiro atoms. The molecule has 1 heterocycles. The molecule has 2 rings (SSSR count). The highest BCUT2D eigenvalue weighted by Gasteiger charge is 2.28. The third-order valence-electron chi connectivity index (χ3n) is 5.37. The standard InChI is InChI=1S/C21H36N4O3.HI/c1-21(2,25-10-8-7-9-11-25)15-24-20(22-3)23-14-17-18(27-5)12-16(26-4)13-19(17)28-6;/h12-13H,7-11,14-15H2,1-6H3,(H2,22,23,24);1H. The first kappa shape index (κ1) is 25.6. The lowest BCUT2D eigenvalue weighted by Crippen LogP contribution is -2.54. The second-order valence-corrected chi connectivity index (χ2v) is 7.65. The molecule has 1 fully saturated rings. The summed E-state index contributed by atoms with van der Waals surface area (Å²) in [6.45, 7) is 8.26. The van der Waals surface area contributed by atoms with Gasteiger partial charge < -0.3 is 24.8 Å². The molecule has 7 nitrogen and oxygen atoms in total. The van der Waals surface area contributed by atoms with E-state index in [1.807, 2.05) is 12.1 Å². The van der Waals surface area contributed by atoms with Crippen molar-refractivity contribution in [3.8, 4) is 17.2 Å². The molecule has 166 valence electrons. The fourth-order valence-corrected chi connectivity index (χ4v) is 3.56. The van der Waals surface area contributed by atoms with Crippen molar-refractivity contribution in [2.45, 2.75) is 45.2 Å². The fraction of sp³-hybridized carbons (Fsp3) is 0.667. The smallest absolute Gasteiger partial charge is 0.191 e. The molecule has 0 unspecified atom stereocenters. The molecule has 0 radical (unpaired) electrons. The monoisotopic (exact) mass is 520 g/mol. The zero-order valence-corrected chi connectivity index (χ0v) is 21.0. The minimum absolute atomic E-state index is 0. The number of hydrogen-bond donors (Lipinski definition) is 2. The Hall–Kier alpha value is -1.42. The van der Waals surface area contributed by atoms with Gasteiger partial charge in [0, 0.05) is 31.3 Å². The lowest BCUT2D eigenvalue weighted by Gasteiger charge is -2.41. The Bertz CT molecular complexity index is 636. The Morgan fingerprint density at radius 3 is 2.07 bits per heavy atom. The maximum Gasteiger partial charge on any atom is 0.191 e. The number of ether oxygens (including phenoxy) is 3. The van der Waals surface area contributed by atoms with Gasteiger partial charge in [0.1, 0.15) is 17.2 Å². The number of methoxy groups -OCH3 is 3. The van der Waals surface area contributed by atoms with Crippen LogP contribution in [0, 0.1) is 0 Å². The van der Waals surface area contributed by atoms with Crippen molar-refractivity contribution in [3.63, 3.8) is 0 Å². The summed E-state index contributed by atoms with van der Waals surface area (Å²) in [4.78, 5) is 6.93. The van der Waals surface area contributed by atoms with Crippen LogP contribution in [0.1, 0.15) is 38.7 Å². The number of hydrogen-bond acceptors (Lipinski definition) is 5. The second kappa shape index (κ2) is 12.3. The molecule has 0 amide bonds. The maximum atomic E-state index is 5.52. The Morgan fingerprint density at radius 2 is 1.59 bits per heavy atom. The van der Waals surface area contributed by atoms with Crippen LogP contribution in [0.3, 0.4) is 0 Å². The highest BCUT2D eigenvalue weighted by atomic mass is 127. The summed E-state index contributed by atoms with van der Waals surface area (Å²) in [6.07, 6.45) is 3.91. The fourth-order valence-electron chi connectivity index (χ4n) is 3.56. The molecule has 8 heteroatoms. The molecule has 0 bridgehead atoms. The van der Waals surface area contributed by atoms with Gasteiger partial charge in [-0.3, -0.25) is 9.89 Å². The molecule has 1 aliphatic heterocycles. The van der Waals surface area contributed by atoms with Crippen molar-refractivity contribution >= 4 is 29.9 Å². The quantitative estimate of drug-likeness (QED) is 0.312. The number of nitrogens with one attached hydrogen (secondary N) is 2. The Kier molecular flexibility index (Phi) is 10.9. The first-order valence-corrected chi connectivity index (χ1v) is 9.93. The Labute approximate surface area is 192 Å². The highest BCUT2D eigenvalue weighted by molar-refractivity contribution is 14.0. The number of rotatable bonds is 8. The normalized spacial score (nSPS) is 15.3. The van der Waals surface area contributed by atoms with Gasteiger partial charge in [-0.2, -0.15) is 0 Å². The highest BCUT2D eigenvalue weighted by Crippen LogP contribution is 2.33. The van der Waals surface area contributed by atoms with Gasteiger partial charge in [-0.1, -0.05) is 6.42 Å². The largest absolute Gasteiger partial charge is 0.496 e. The minimum Gasteiger partial charge on any atom is -0.496 e. The number of nitrogens with zero attached hydrogens (tertiary/aromatic N) is 2. The molecule has 0 atom stereocenters. The van der Waals surface area contributed by atoms with Crippen LogP contribution in [0.5, 0.6) is 17.2 Å². The van der Waals surface area contributed by atoms with E-state index in [0.29, 0.717) is 23.8 Å². The first-order valence-electron chi connectivity index (χ1n) is 9.93. The van der Waals surface area contributed by atoms with E-state index in [1.165, 1.54) is 32.4 Å². The van der Waals surface area contributed by atoms with Gasteiger partial charge in [0.2, 0.25) is 0 Å². The van der Waals surface area contributed by atoms with Crippen LogP contribution in [0.25, 0.3) is 0 Å². The summed E-state index contributed by atoms with van der Waals surface area (Å²) < 4.78 is 16.4. The molecule has 0 aromatic heterocycles. The van der Waals surface area contributed by atoms with Crippen molar-refractivity contribution in [2.24, 2.45) is 4.99 Å². The Balaban J connectivity index is 0.00000420. The van der Waals surface area contributed by atoms with Gasteiger partial charge in [-0.05, 0) is 39.8 Å². The van der Waals surface area contributed by atoms with E-state index in [2.05, 4.69) is 34.4 Å². The van der Waals surface area contributed by atoms with E-state index < -0.39 is 0 Å². The third-order valence-corrected chi connectivity index (χ3v) is 5.37. The van der Waals surface area contributed by atoms with E-state index in [4.69, 9.17) is 14.2 Å². The average molecular weight is 520 g/mol. The number of benzene rings is 1. The number of piperidine rings is 1. The molecule has 1 aliphatic rings.